The molecule has 110 valence electrons. The predicted octanol–water partition coefficient (Wildman–Crippen LogP) is 4.87. The summed E-state index contributed by atoms with van der Waals surface area (Å²) in [5.41, 5.74) is 4.45. The summed E-state index contributed by atoms with van der Waals surface area (Å²) in [6.07, 6.45) is 0. The van der Waals surface area contributed by atoms with Crippen LogP contribution in [0.5, 0.6) is 0 Å². The summed E-state index contributed by atoms with van der Waals surface area (Å²) in [4.78, 5) is 16.3. The fraction of sp³-hybridized carbons (Fsp3) is 0.111. The Hall–Kier alpha value is -2.39. The van der Waals surface area contributed by atoms with Gasteiger partial charge >= 0.3 is 5.97 Å². The average Bonchev–Trinajstić information content (AvgIpc) is 2.47. The van der Waals surface area contributed by atoms with E-state index in [1.165, 1.54) is 0 Å². The number of hydrogen-bond acceptors (Lipinski definition) is 2. The maximum Gasteiger partial charge on any atom is 0.336 e. The molecule has 0 radical (unpaired) electrons. The molecule has 0 spiro atoms. The van der Waals surface area contributed by atoms with Crippen molar-refractivity contribution in [1.29, 1.82) is 0 Å². The Morgan fingerprint density at radius 1 is 1.09 bits per heavy atom. The van der Waals surface area contributed by atoms with Gasteiger partial charge in [0.2, 0.25) is 0 Å². The number of rotatable bonds is 2. The van der Waals surface area contributed by atoms with Gasteiger partial charge in [0.1, 0.15) is 0 Å². The molecular formula is C18H14ClNO2. The Balaban J connectivity index is 2.34. The van der Waals surface area contributed by atoms with Crippen LogP contribution >= 0.6 is 11.6 Å². The van der Waals surface area contributed by atoms with Gasteiger partial charge in [0.25, 0.3) is 0 Å². The highest BCUT2D eigenvalue weighted by molar-refractivity contribution is 6.30. The van der Waals surface area contributed by atoms with Crippen molar-refractivity contribution >= 4 is 28.5 Å². The summed E-state index contributed by atoms with van der Waals surface area (Å²) in [7, 11) is 0. The van der Waals surface area contributed by atoms with Crippen LogP contribution in [0, 0.1) is 13.8 Å². The maximum absolute atomic E-state index is 11.6. The summed E-state index contributed by atoms with van der Waals surface area (Å²) < 4.78 is 0. The monoisotopic (exact) mass is 311 g/mol. The molecule has 1 aromatic heterocycles. The second-order valence-electron chi connectivity index (χ2n) is 5.35. The third-order valence-electron chi connectivity index (χ3n) is 3.62. The van der Waals surface area contributed by atoms with E-state index < -0.39 is 5.97 Å². The zero-order valence-electron chi connectivity index (χ0n) is 12.2. The van der Waals surface area contributed by atoms with E-state index in [0.29, 0.717) is 16.1 Å². The zero-order chi connectivity index (χ0) is 15.9. The van der Waals surface area contributed by atoms with Gasteiger partial charge < -0.3 is 5.11 Å². The first kappa shape index (κ1) is 14.5. The number of carboxylic acids is 1. The minimum absolute atomic E-state index is 0.266. The molecular weight excluding hydrogens is 298 g/mol. The molecule has 0 aliphatic heterocycles. The molecule has 0 saturated carbocycles. The highest BCUT2D eigenvalue weighted by Crippen LogP contribution is 2.28. The average molecular weight is 312 g/mol. The Morgan fingerprint density at radius 2 is 1.77 bits per heavy atom. The first-order valence-electron chi connectivity index (χ1n) is 6.87. The molecule has 3 nitrogen and oxygen atoms in total. The van der Waals surface area contributed by atoms with Crippen molar-refractivity contribution in [2.24, 2.45) is 0 Å². The Bertz CT molecular complexity index is 886. The van der Waals surface area contributed by atoms with Crippen molar-refractivity contribution in [2.45, 2.75) is 13.8 Å². The SMILES string of the molecule is Cc1cc(C)c2nc(-c3ccc(Cl)cc3)cc(C(=O)O)c2c1. The van der Waals surface area contributed by atoms with Crippen molar-refractivity contribution in [3.8, 4) is 11.3 Å². The Kier molecular flexibility index (Phi) is 3.59. The second-order valence-corrected chi connectivity index (χ2v) is 5.78. The molecule has 1 heterocycles. The number of nitrogens with zero attached hydrogens (tertiary/aromatic N) is 1. The van der Waals surface area contributed by atoms with Gasteiger partial charge in [-0.2, -0.15) is 0 Å². The van der Waals surface area contributed by atoms with Gasteiger partial charge in [-0.05, 0) is 43.7 Å². The van der Waals surface area contributed by atoms with E-state index in [-0.39, 0.29) is 5.56 Å². The molecule has 22 heavy (non-hydrogen) atoms. The molecule has 1 N–H and O–H groups in total. The molecule has 0 fully saturated rings. The first-order chi connectivity index (χ1) is 10.5. The smallest absolute Gasteiger partial charge is 0.336 e. The quantitative estimate of drug-likeness (QED) is 0.734. The Morgan fingerprint density at radius 3 is 2.41 bits per heavy atom. The van der Waals surface area contributed by atoms with Crippen molar-refractivity contribution in [2.75, 3.05) is 0 Å². The predicted molar refractivity (Wildman–Crippen MR) is 88.6 cm³/mol. The standard InChI is InChI=1S/C18H14ClNO2/c1-10-7-11(2)17-14(8-10)15(18(21)22)9-16(20-17)12-3-5-13(19)6-4-12/h3-9H,1-2H3,(H,21,22). The number of aromatic carboxylic acids is 1. The molecule has 0 unspecified atom stereocenters. The number of halogens is 1. The van der Waals surface area contributed by atoms with Crippen LogP contribution in [0.15, 0.2) is 42.5 Å². The second kappa shape index (κ2) is 5.43. The lowest BCUT2D eigenvalue weighted by Gasteiger charge is -2.10. The van der Waals surface area contributed by atoms with Crippen LogP contribution in [0.3, 0.4) is 0 Å². The first-order valence-corrected chi connectivity index (χ1v) is 7.25. The molecule has 4 heteroatoms. The molecule has 0 atom stereocenters. The van der Waals surface area contributed by atoms with Gasteiger partial charge in [0.15, 0.2) is 0 Å². The fourth-order valence-corrected chi connectivity index (χ4v) is 2.75. The molecule has 3 aromatic rings. The van der Waals surface area contributed by atoms with Gasteiger partial charge in [-0.3, -0.25) is 0 Å². The minimum Gasteiger partial charge on any atom is -0.478 e. The van der Waals surface area contributed by atoms with E-state index in [9.17, 15) is 9.90 Å². The van der Waals surface area contributed by atoms with Crippen LogP contribution in [-0.4, -0.2) is 16.1 Å². The third kappa shape index (κ3) is 2.55. The van der Waals surface area contributed by atoms with Crippen molar-refractivity contribution in [1.82, 2.24) is 4.98 Å². The van der Waals surface area contributed by atoms with Gasteiger partial charge in [0.05, 0.1) is 16.8 Å². The van der Waals surface area contributed by atoms with Crippen LogP contribution < -0.4 is 0 Å². The number of carboxylic acid groups (broad SMARTS) is 1. The number of pyridine rings is 1. The lowest BCUT2D eigenvalue weighted by atomic mass is 10.00. The van der Waals surface area contributed by atoms with Gasteiger partial charge in [-0.15, -0.1) is 0 Å². The Labute approximate surface area is 133 Å². The highest BCUT2D eigenvalue weighted by Gasteiger charge is 2.14. The molecule has 3 rings (SSSR count). The summed E-state index contributed by atoms with van der Waals surface area (Å²) in [6, 6.07) is 12.7. The third-order valence-corrected chi connectivity index (χ3v) is 3.87. The van der Waals surface area contributed by atoms with E-state index in [1.54, 1.807) is 18.2 Å². The normalized spacial score (nSPS) is 10.9. The molecule has 0 bridgehead atoms. The van der Waals surface area contributed by atoms with E-state index in [4.69, 9.17) is 11.6 Å². The van der Waals surface area contributed by atoms with Crippen LogP contribution in [0.1, 0.15) is 21.5 Å². The van der Waals surface area contributed by atoms with Crippen LogP contribution in [0.25, 0.3) is 22.2 Å². The number of carbonyl (C=O) groups is 1. The van der Waals surface area contributed by atoms with Gasteiger partial charge in [0, 0.05) is 16.0 Å². The lowest BCUT2D eigenvalue weighted by Crippen LogP contribution is -2.01. The van der Waals surface area contributed by atoms with E-state index in [1.807, 2.05) is 38.1 Å². The summed E-state index contributed by atoms with van der Waals surface area (Å²) >= 11 is 5.90. The van der Waals surface area contributed by atoms with Crippen LogP contribution in [0.4, 0.5) is 0 Å². The molecule has 0 aliphatic carbocycles. The van der Waals surface area contributed by atoms with Crippen LogP contribution in [-0.2, 0) is 0 Å². The van der Waals surface area contributed by atoms with Crippen LogP contribution in [0.2, 0.25) is 5.02 Å². The summed E-state index contributed by atoms with van der Waals surface area (Å²) in [6.45, 7) is 3.89. The van der Waals surface area contributed by atoms with Crippen molar-refractivity contribution in [3.63, 3.8) is 0 Å². The largest absolute Gasteiger partial charge is 0.478 e. The number of aryl methyl sites for hydroxylation is 2. The number of aromatic nitrogens is 1. The number of hydrogen-bond donors (Lipinski definition) is 1. The molecule has 0 amide bonds. The number of fused-ring (bicyclic) bond motifs is 1. The van der Waals surface area contributed by atoms with E-state index in [0.717, 1.165) is 22.2 Å². The minimum atomic E-state index is -0.951. The summed E-state index contributed by atoms with van der Waals surface area (Å²) in [5.74, 6) is -0.951. The maximum atomic E-state index is 11.6. The summed E-state index contributed by atoms with van der Waals surface area (Å²) in [5, 5.41) is 10.8. The van der Waals surface area contributed by atoms with Crippen molar-refractivity contribution < 1.29 is 9.90 Å². The van der Waals surface area contributed by atoms with E-state index in [2.05, 4.69) is 4.98 Å². The zero-order valence-corrected chi connectivity index (χ0v) is 13.0. The van der Waals surface area contributed by atoms with Gasteiger partial charge in [-0.1, -0.05) is 35.4 Å². The topological polar surface area (TPSA) is 50.2 Å². The molecule has 2 aromatic carbocycles. The number of benzene rings is 2. The lowest BCUT2D eigenvalue weighted by molar-refractivity contribution is 0.0699. The molecule has 0 aliphatic rings. The van der Waals surface area contributed by atoms with E-state index >= 15 is 0 Å². The highest BCUT2D eigenvalue weighted by atomic mass is 35.5. The van der Waals surface area contributed by atoms with Crippen molar-refractivity contribution in [3.05, 3.63) is 64.2 Å². The van der Waals surface area contributed by atoms with Gasteiger partial charge in [-0.25, -0.2) is 9.78 Å². The fourth-order valence-electron chi connectivity index (χ4n) is 2.63. The molecule has 0 saturated heterocycles.